The molecule has 10 rings (SSSR count). The van der Waals surface area contributed by atoms with Crippen LogP contribution in [-0.2, 0) is 19.7 Å². The van der Waals surface area contributed by atoms with E-state index in [9.17, 15) is 14.4 Å². The van der Waals surface area contributed by atoms with E-state index in [0.29, 0.717) is 53.1 Å². The molecule has 9 nitrogen and oxygen atoms in total. The number of imide groups is 1. The van der Waals surface area contributed by atoms with E-state index in [1.807, 2.05) is 17.0 Å². The number of carbonyl (C=O) groups is 2. The lowest BCUT2D eigenvalue weighted by Crippen LogP contribution is -2.51. The smallest absolute Gasteiger partial charge is 0.282 e. The second-order valence-electron chi connectivity index (χ2n) is 18.1. The normalized spacial score (nSPS) is 27.8. The maximum atomic E-state index is 15.3. The van der Waals surface area contributed by atoms with E-state index in [1.165, 1.54) is 36.1 Å². The summed E-state index contributed by atoms with van der Waals surface area (Å²) in [5.41, 5.74) is 3.77. The molecule has 1 spiro atoms. The third-order valence-electron chi connectivity index (χ3n) is 14.5. The zero-order valence-corrected chi connectivity index (χ0v) is 33.2. The van der Waals surface area contributed by atoms with E-state index in [1.54, 1.807) is 6.07 Å². The van der Waals surface area contributed by atoms with Gasteiger partial charge in [0, 0.05) is 49.4 Å². The zero-order valence-electron chi connectivity index (χ0n) is 32.5. The van der Waals surface area contributed by atoms with Crippen LogP contribution in [-0.4, -0.2) is 70.2 Å². The first kappa shape index (κ1) is 37.1. The average Bonchev–Trinajstić information content (AvgIpc) is 3.54. The van der Waals surface area contributed by atoms with Crippen molar-refractivity contribution >= 4 is 40.0 Å². The van der Waals surface area contributed by atoms with Gasteiger partial charge in [-0.25, -0.2) is 8.78 Å². The van der Waals surface area contributed by atoms with E-state index in [-0.39, 0.29) is 29.6 Å². The first-order valence-corrected chi connectivity index (χ1v) is 21.1. The van der Waals surface area contributed by atoms with Gasteiger partial charge in [-0.05, 0) is 125 Å². The molecule has 2 bridgehead atoms. The molecular formula is C45H48ClF2N5O4. The van der Waals surface area contributed by atoms with Gasteiger partial charge in [0.1, 0.15) is 17.5 Å². The fourth-order valence-electron chi connectivity index (χ4n) is 11.4. The lowest BCUT2D eigenvalue weighted by atomic mass is 9.80. The Morgan fingerprint density at radius 2 is 1.67 bits per heavy atom. The van der Waals surface area contributed by atoms with Crippen molar-refractivity contribution in [1.29, 1.82) is 0 Å². The van der Waals surface area contributed by atoms with Gasteiger partial charge in [-0.2, -0.15) is 4.98 Å². The summed E-state index contributed by atoms with van der Waals surface area (Å²) in [5.74, 6) is -1.85. The van der Waals surface area contributed by atoms with Crippen molar-refractivity contribution in [3.63, 3.8) is 0 Å². The van der Waals surface area contributed by atoms with Gasteiger partial charge in [0.05, 0.1) is 45.2 Å². The van der Waals surface area contributed by atoms with Gasteiger partial charge in [0.15, 0.2) is 0 Å². The quantitative estimate of drug-likeness (QED) is 0.208. The predicted molar refractivity (Wildman–Crippen MR) is 214 cm³/mol. The molecule has 5 fully saturated rings. The summed E-state index contributed by atoms with van der Waals surface area (Å²) in [5, 5.41) is 3.10. The number of nitrogens with one attached hydrogen (secondary N) is 1. The van der Waals surface area contributed by atoms with Crippen LogP contribution in [0, 0.1) is 17.6 Å². The Bertz CT molecular complexity index is 2340. The molecule has 6 aliphatic heterocycles. The number of nitrogens with zero attached hydrogens (tertiary/aromatic N) is 4. The van der Waals surface area contributed by atoms with Gasteiger partial charge in [-0.1, -0.05) is 29.8 Å². The molecule has 7 heterocycles. The monoisotopic (exact) mass is 795 g/mol. The van der Waals surface area contributed by atoms with Gasteiger partial charge in [0.2, 0.25) is 11.8 Å². The van der Waals surface area contributed by atoms with Crippen molar-refractivity contribution in [3.8, 4) is 5.69 Å². The van der Waals surface area contributed by atoms with Crippen molar-refractivity contribution in [2.75, 3.05) is 31.1 Å². The predicted octanol–water partition coefficient (Wildman–Crippen LogP) is 7.65. The Morgan fingerprint density at radius 1 is 0.930 bits per heavy atom. The number of benzene rings is 3. The lowest BCUT2D eigenvalue weighted by Gasteiger charge is -2.48. The molecule has 1 N–H and O–H groups in total. The highest BCUT2D eigenvalue weighted by Crippen LogP contribution is 2.48. The maximum Gasteiger partial charge on any atom is 0.282 e. The van der Waals surface area contributed by atoms with Gasteiger partial charge in [-0.15, -0.1) is 0 Å². The van der Waals surface area contributed by atoms with Gasteiger partial charge in [0.25, 0.3) is 5.56 Å². The summed E-state index contributed by atoms with van der Waals surface area (Å²) in [6, 6.07) is 16.3. The number of aromatic nitrogens is 2. The van der Waals surface area contributed by atoms with E-state index >= 15 is 8.78 Å². The fraction of sp³-hybridized carbons (Fsp3) is 0.511. The highest BCUT2D eigenvalue weighted by molar-refractivity contribution is 6.35. The SMILES string of the molecule is CC1(C)c2ccc(C3CC4CCC(C3)N4CC3CCC4(CCN(c5cc(F)c(C6CCC(=O)NC6=O)c(F)c5)CC4)OC3)cc2-n2c1nc(=O)c1c(Cl)cccc12. The summed E-state index contributed by atoms with van der Waals surface area (Å²) in [6.07, 6.45) is 8.56. The lowest BCUT2D eigenvalue weighted by molar-refractivity contribution is -0.134. The number of ether oxygens (including phenoxy) is 1. The summed E-state index contributed by atoms with van der Waals surface area (Å²) < 4.78 is 39.5. The molecule has 4 atom stereocenters. The van der Waals surface area contributed by atoms with E-state index in [0.717, 1.165) is 68.7 Å². The summed E-state index contributed by atoms with van der Waals surface area (Å²) in [6.45, 7) is 7.36. The van der Waals surface area contributed by atoms with E-state index < -0.39 is 34.8 Å². The molecule has 0 radical (unpaired) electrons. The molecule has 6 aliphatic rings. The van der Waals surface area contributed by atoms with Crippen molar-refractivity contribution in [2.45, 2.75) is 113 Å². The van der Waals surface area contributed by atoms with Crippen LogP contribution in [0.1, 0.15) is 112 Å². The highest BCUT2D eigenvalue weighted by Gasteiger charge is 2.46. The molecule has 4 unspecified atom stereocenters. The average molecular weight is 796 g/mol. The number of rotatable bonds is 5. The van der Waals surface area contributed by atoms with Crippen LogP contribution in [0.3, 0.4) is 0 Å². The number of carbonyl (C=O) groups excluding carboxylic acids is 2. The first-order chi connectivity index (χ1) is 27.4. The standard InChI is InChI=1S/C45H48ClF2N5O4/c1-44(2)32-10-6-26(20-37(32)53-36-5-3-4-33(46)40(36)42(56)50-43(44)53)27-18-28-7-8-29(19-27)52(28)23-25-12-13-45(57-24-25)14-16-51(17-15-45)30-21-34(47)39(35(48)22-30)31-9-11-38(54)49-41(31)55/h3-6,10,20-22,25,27-29,31H,7-9,11-19,23-24H2,1-2H3,(H,49,54,55). The molecule has 3 aromatic carbocycles. The number of hydrogen-bond donors (Lipinski definition) is 1. The molecule has 0 saturated carbocycles. The third kappa shape index (κ3) is 6.13. The van der Waals surface area contributed by atoms with Crippen LogP contribution >= 0.6 is 11.6 Å². The van der Waals surface area contributed by atoms with Crippen LogP contribution in [0.25, 0.3) is 16.6 Å². The second-order valence-corrected chi connectivity index (χ2v) is 18.5. The second kappa shape index (κ2) is 13.7. The minimum atomic E-state index is -1.00. The fourth-order valence-corrected chi connectivity index (χ4v) is 11.6. The third-order valence-corrected chi connectivity index (χ3v) is 14.8. The number of anilines is 1. The number of piperidine rings is 3. The zero-order chi connectivity index (χ0) is 39.4. The Hall–Kier alpha value is -4.19. The largest absolute Gasteiger partial charge is 0.375 e. The minimum absolute atomic E-state index is 0.0655. The van der Waals surface area contributed by atoms with Crippen molar-refractivity contribution in [2.24, 2.45) is 5.92 Å². The topological polar surface area (TPSA) is 96.8 Å². The summed E-state index contributed by atoms with van der Waals surface area (Å²) in [7, 11) is 0. The molecule has 2 amide bonds. The molecule has 298 valence electrons. The molecule has 5 saturated heterocycles. The van der Waals surface area contributed by atoms with Crippen LogP contribution < -0.4 is 15.8 Å². The number of hydrogen-bond acceptors (Lipinski definition) is 7. The van der Waals surface area contributed by atoms with E-state index in [4.69, 9.17) is 16.3 Å². The molecule has 57 heavy (non-hydrogen) atoms. The highest BCUT2D eigenvalue weighted by atomic mass is 35.5. The summed E-state index contributed by atoms with van der Waals surface area (Å²) in [4.78, 5) is 46.4. The van der Waals surface area contributed by atoms with Crippen molar-refractivity contribution in [1.82, 2.24) is 19.8 Å². The Morgan fingerprint density at radius 3 is 2.35 bits per heavy atom. The molecular weight excluding hydrogens is 748 g/mol. The van der Waals surface area contributed by atoms with Gasteiger partial charge >= 0.3 is 0 Å². The Balaban J connectivity index is 0.772. The Kier molecular flexibility index (Phi) is 8.92. The van der Waals surface area contributed by atoms with Crippen molar-refractivity contribution in [3.05, 3.63) is 98.1 Å². The number of amides is 2. The first-order valence-electron chi connectivity index (χ1n) is 20.7. The van der Waals surface area contributed by atoms with Crippen LogP contribution in [0.2, 0.25) is 5.02 Å². The van der Waals surface area contributed by atoms with Crippen molar-refractivity contribution < 1.29 is 23.1 Å². The molecule has 1 aromatic heterocycles. The number of fused-ring (bicyclic) bond motifs is 7. The summed E-state index contributed by atoms with van der Waals surface area (Å²) >= 11 is 6.54. The number of halogens is 3. The van der Waals surface area contributed by atoms with Crippen LogP contribution in [0.5, 0.6) is 0 Å². The minimum Gasteiger partial charge on any atom is -0.375 e. The van der Waals surface area contributed by atoms with Gasteiger partial charge < -0.3 is 9.64 Å². The van der Waals surface area contributed by atoms with Gasteiger partial charge in [-0.3, -0.25) is 29.2 Å². The molecule has 0 aliphatic carbocycles. The van der Waals surface area contributed by atoms with Crippen LogP contribution in [0.4, 0.5) is 14.5 Å². The molecule has 12 heteroatoms. The van der Waals surface area contributed by atoms with Crippen LogP contribution in [0.15, 0.2) is 53.3 Å². The molecule has 4 aromatic rings. The maximum absolute atomic E-state index is 15.3. The Labute approximate surface area is 335 Å². The van der Waals surface area contributed by atoms with E-state index in [2.05, 4.69) is 51.8 Å².